The summed E-state index contributed by atoms with van der Waals surface area (Å²) in [6, 6.07) is 7.38. The lowest BCUT2D eigenvalue weighted by Gasteiger charge is -2.30. The molecule has 2 amide bonds. The Hall–Kier alpha value is -2.08. The van der Waals surface area contributed by atoms with Gasteiger partial charge in [-0.05, 0) is 37.0 Å². The Morgan fingerprint density at radius 1 is 1.12 bits per heavy atom. The van der Waals surface area contributed by atoms with Gasteiger partial charge in [-0.1, -0.05) is 13.0 Å². The molecule has 1 N–H and O–H groups in total. The van der Waals surface area contributed by atoms with Crippen LogP contribution in [-0.2, 0) is 9.53 Å². The molecule has 2 saturated heterocycles. The van der Waals surface area contributed by atoms with E-state index in [1.165, 1.54) is 0 Å². The van der Waals surface area contributed by atoms with E-state index in [1.54, 1.807) is 0 Å². The van der Waals surface area contributed by atoms with Gasteiger partial charge >= 0.3 is 0 Å². The van der Waals surface area contributed by atoms with Gasteiger partial charge in [-0.15, -0.1) is 0 Å². The second kappa shape index (κ2) is 8.34. The molecule has 0 atom stereocenters. The van der Waals surface area contributed by atoms with Crippen molar-refractivity contribution in [3.8, 4) is 0 Å². The number of anilines is 1. The number of likely N-dealkylation sites (tertiary alicyclic amines) is 1. The first-order valence-electron chi connectivity index (χ1n) is 9.12. The van der Waals surface area contributed by atoms with Gasteiger partial charge < -0.3 is 19.9 Å². The average Bonchev–Trinajstić information content (AvgIpc) is 2.67. The minimum absolute atomic E-state index is 0.0169. The largest absolute Gasteiger partial charge is 0.378 e. The Labute approximate surface area is 149 Å². The van der Waals surface area contributed by atoms with Crippen LogP contribution in [0.1, 0.15) is 30.1 Å². The van der Waals surface area contributed by atoms with Crippen molar-refractivity contribution >= 4 is 17.5 Å². The Bertz CT molecular complexity index is 606. The van der Waals surface area contributed by atoms with Crippen LogP contribution in [0.25, 0.3) is 0 Å². The molecule has 1 aromatic rings. The third-order valence-corrected chi connectivity index (χ3v) is 4.99. The molecule has 6 heteroatoms. The lowest BCUT2D eigenvalue weighted by atomic mass is 9.99. The first-order chi connectivity index (χ1) is 12.1. The van der Waals surface area contributed by atoms with Crippen molar-refractivity contribution in [1.29, 1.82) is 0 Å². The number of amides is 2. The molecule has 2 aliphatic heterocycles. The van der Waals surface area contributed by atoms with Crippen LogP contribution in [0.4, 0.5) is 5.69 Å². The van der Waals surface area contributed by atoms with E-state index < -0.39 is 0 Å². The maximum atomic E-state index is 12.5. The molecule has 2 aliphatic rings. The molecule has 0 aromatic heterocycles. The molecule has 1 aromatic carbocycles. The molecule has 3 rings (SSSR count). The molecule has 6 nitrogen and oxygen atoms in total. The zero-order chi connectivity index (χ0) is 17.6. The van der Waals surface area contributed by atoms with E-state index in [0.29, 0.717) is 37.8 Å². The number of benzene rings is 1. The minimum Gasteiger partial charge on any atom is -0.378 e. The van der Waals surface area contributed by atoms with Crippen LogP contribution in [0.2, 0.25) is 0 Å². The number of carbonyl (C=O) groups excluding carboxylic acids is 2. The zero-order valence-electron chi connectivity index (χ0n) is 14.9. The van der Waals surface area contributed by atoms with Crippen molar-refractivity contribution in [2.24, 2.45) is 5.92 Å². The SMILES string of the molecule is CC1CCN(C(=O)CNc2cccc(C(=O)N3CCOCC3)c2)CC1. The molecule has 2 heterocycles. The van der Waals surface area contributed by atoms with E-state index in [4.69, 9.17) is 4.74 Å². The molecule has 0 aliphatic carbocycles. The number of nitrogens with zero attached hydrogens (tertiary/aromatic N) is 2. The van der Waals surface area contributed by atoms with Crippen molar-refractivity contribution in [3.05, 3.63) is 29.8 Å². The van der Waals surface area contributed by atoms with Crippen molar-refractivity contribution in [2.75, 3.05) is 51.3 Å². The maximum absolute atomic E-state index is 12.5. The molecule has 0 saturated carbocycles. The predicted molar refractivity (Wildman–Crippen MR) is 96.6 cm³/mol. The first-order valence-corrected chi connectivity index (χ1v) is 9.12. The summed E-state index contributed by atoms with van der Waals surface area (Å²) in [5.41, 5.74) is 1.45. The van der Waals surface area contributed by atoms with Crippen LogP contribution >= 0.6 is 0 Å². The Balaban J connectivity index is 1.54. The lowest BCUT2D eigenvalue weighted by Crippen LogP contribution is -2.41. The summed E-state index contributed by atoms with van der Waals surface area (Å²) in [5, 5.41) is 3.16. The van der Waals surface area contributed by atoms with E-state index in [9.17, 15) is 9.59 Å². The van der Waals surface area contributed by atoms with Gasteiger partial charge in [-0.3, -0.25) is 9.59 Å². The maximum Gasteiger partial charge on any atom is 0.254 e. The third-order valence-electron chi connectivity index (χ3n) is 4.99. The van der Waals surface area contributed by atoms with E-state index in [0.717, 1.165) is 31.6 Å². The Morgan fingerprint density at radius 2 is 1.84 bits per heavy atom. The average molecular weight is 345 g/mol. The first kappa shape index (κ1) is 17.7. The quantitative estimate of drug-likeness (QED) is 0.904. The second-order valence-corrected chi connectivity index (χ2v) is 6.90. The fourth-order valence-corrected chi connectivity index (χ4v) is 3.26. The summed E-state index contributed by atoms with van der Waals surface area (Å²) < 4.78 is 5.29. The van der Waals surface area contributed by atoms with Crippen molar-refractivity contribution < 1.29 is 14.3 Å². The van der Waals surface area contributed by atoms with Gasteiger partial charge in [0.15, 0.2) is 0 Å². The number of hydrogen-bond acceptors (Lipinski definition) is 4. The second-order valence-electron chi connectivity index (χ2n) is 6.90. The van der Waals surface area contributed by atoms with Crippen LogP contribution in [0, 0.1) is 5.92 Å². The van der Waals surface area contributed by atoms with Crippen LogP contribution in [0.5, 0.6) is 0 Å². The summed E-state index contributed by atoms with van der Waals surface area (Å²) in [4.78, 5) is 28.6. The fraction of sp³-hybridized carbons (Fsp3) is 0.579. The molecule has 0 spiro atoms. The molecule has 25 heavy (non-hydrogen) atoms. The highest BCUT2D eigenvalue weighted by atomic mass is 16.5. The van der Waals surface area contributed by atoms with E-state index in [-0.39, 0.29) is 18.4 Å². The van der Waals surface area contributed by atoms with Crippen molar-refractivity contribution in [2.45, 2.75) is 19.8 Å². The Kier molecular flexibility index (Phi) is 5.91. The summed E-state index contributed by atoms with van der Waals surface area (Å²) in [5.74, 6) is 0.847. The monoisotopic (exact) mass is 345 g/mol. The van der Waals surface area contributed by atoms with E-state index >= 15 is 0 Å². The van der Waals surface area contributed by atoms with Crippen LogP contribution < -0.4 is 5.32 Å². The topological polar surface area (TPSA) is 61.9 Å². The minimum atomic E-state index is 0.0169. The zero-order valence-corrected chi connectivity index (χ0v) is 14.9. The lowest BCUT2D eigenvalue weighted by molar-refractivity contribution is -0.130. The number of ether oxygens (including phenoxy) is 1. The number of hydrogen-bond donors (Lipinski definition) is 1. The molecule has 0 bridgehead atoms. The standard InChI is InChI=1S/C19H27N3O3/c1-15-5-7-21(8-6-15)18(23)14-20-17-4-2-3-16(13-17)19(24)22-9-11-25-12-10-22/h2-4,13,15,20H,5-12,14H2,1H3. The number of morpholine rings is 1. The molecule has 2 fully saturated rings. The predicted octanol–water partition coefficient (Wildman–Crippen LogP) is 1.83. The molecule has 0 radical (unpaired) electrons. The van der Waals surface area contributed by atoms with E-state index in [2.05, 4.69) is 12.2 Å². The van der Waals surface area contributed by atoms with Gasteiger partial charge in [0.05, 0.1) is 19.8 Å². The number of carbonyl (C=O) groups is 2. The van der Waals surface area contributed by atoms with Gasteiger partial charge in [0.25, 0.3) is 5.91 Å². The summed E-state index contributed by atoms with van der Waals surface area (Å²) in [6.45, 7) is 6.62. The summed E-state index contributed by atoms with van der Waals surface area (Å²) >= 11 is 0. The van der Waals surface area contributed by atoms with Gasteiger partial charge in [0.2, 0.25) is 5.91 Å². The van der Waals surface area contributed by atoms with Gasteiger partial charge in [-0.25, -0.2) is 0 Å². The fourth-order valence-electron chi connectivity index (χ4n) is 3.26. The molecule has 0 unspecified atom stereocenters. The van der Waals surface area contributed by atoms with Crippen LogP contribution in [-0.4, -0.2) is 67.6 Å². The van der Waals surface area contributed by atoms with Gasteiger partial charge in [0.1, 0.15) is 0 Å². The van der Waals surface area contributed by atoms with Crippen molar-refractivity contribution in [3.63, 3.8) is 0 Å². The highest BCUT2D eigenvalue weighted by Gasteiger charge is 2.21. The molecular weight excluding hydrogens is 318 g/mol. The van der Waals surface area contributed by atoms with E-state index in [1.807, 2.05) is 34.1 Å². The normalized spacial score (nSPS) is 18.9. The highest BCUT2D eigenvalue weighted by Crippen LogP contribution is 2.17. The molecule has 136 valence electrons. The highest BCUT2D eigenvalue weighted by molar-refractivity contribution is 5.95. The van der Waals surface area contributed by atoms with Gasteiger partial charge in [0, 0.05) is 37.4 Å². The summed E-state index contributed by atoms with van der Waals surface area (Å²) in [7, 11) is 0. The summed E-state index contributed by atoms with van der Waals surface area (Å²) in [6.07, 6.45) is 2.16. The Morgan fingerprint density at radius 3 is 2.56 bits per heavy atom. The van der Waals surface area contributed by atoms with Crippen LogP contribution in [0.3, 0.4) is 0 Å². The number of nitrogens with one attached hydrogen (secondary N) is 1. The number of rotatable bonds is 4. The smallest absolute Gasteiger partial charge is 0.254 e. The third kappa shape index (κ3) is 4.72. The van der Waals surface area contributed by atoms with Gasteiger partial charge in [-0.2, -0.15) is 0 Å². The van der Waals surface area contributed by atoms with Crippen molar-refractivity contribution in [1.82, 2.24) is 9.80 Å². The number of piperidine rings is 1. The van der Waals surface area contributed by atoms with Crippen LogP contribution in [0.15, 0.2) is 24.3 Å². The molecular formula is C19H27N3O3.